The lowest BCUT2D eigenvalue weighted by molar-refractivity contribution is -0.112. The van der Waals surface area contributed by atoms with Crippen LogP contribution in [0.25, 0.3) is 23.0 Å². The van der Waals surface area contributed by atoms with Crippen molar-refractivity contribution in [1.82, 2.24) is 14.8 Å². The van der Waals surface area contributed by atoms with Crippen molar-refractivity contribution in [2.24, 2.45) is 0 Å². The maximum Gasteiger partial charge on any atom is 0.266 e. The Bertz CT molecular complexity index is 1330. The van der Waals surface area contributed by atoms with Crippen molar-refractivity contribution >= 4 is 17.7 Å². The largest absolute Gasteiger partial charge is 0.321 e. The smallest absolute Gasteiger partial charge is 0.266 e. The van der Waals surface area contributed by atoms with E-state index in [4.69, 9.17) is 5.10 Å². The average molecular weight is 419 g/mol. The molecule has 156 valence electrons. The molecule has 0 fully saturated rings. The number of rotatable bonds is 5. The maximum absolute atomic E-state index is 12.9. The third-order valence-electron chi connectivity index (χ3n) is 5.23. The van der Waals surface area contributed by atoms with Gasteiger partial charge in [0.05, 0.1) is 5.69 Å². The summed E-state index contributed by atoms with van der Waals surface area (Å²) in [5.74, 6) is -0.464. The number of amides is 1. The lowest BCUT2D eigenvalue weighted by Gasteiger charge is -2.09. The molecule has 0 aliphatic rings. The quantitative estimate of drug-likeness (QED) is 0.360. The zero-order valence-electron chi connectivity index (χ0n) is 17.8. The number of aryl methyl sites for hydroxylation is 1. The molecule has 6 nitrogen and oxygen atoms in total. The summed E-state index contributed by atoms with van der Waals surface area (Å²) in [5.41, 5.74) is 5.74. The van der Waals surface area contributed by atoms with E-state index >= 15 is 0 Å². The molecular weight excluding hydrogens is 398 g/mol. The lowest BCUT2D eigenvalue weighted by atomic mass is 10.1. The number of anilines is 1. The van der Waals surface area contributed by atoms with Crippen LogP contribution < -0.4 is 5.32 Å². The zero-order valence-corrected chi connectivity index (χ0v) is 17.8. The lowest BCUT2D eigenvalue weighted by Crippen LogP contribution is -2.14. The van der Waals surface area contributed by atoms with E-state index in [2.05, 4.69) is 10.3 Å². The predicted molar refractivity (Wildman–Crippen MR) is 125 cm³/mol. The zero-order chi connectivity index (χ0) is 22.5. The SMILES string of the molecule is Cc1cccc(NC(=O)/C(C#N)=C/c2cn(-c3ccccc3)nc2-c2ccncc2)c1C. The number of hydrogen-bond donors (Lipinski definition) is 1. The van der Waals surface area contributed by atoms with Crippen LogP contribution in [0.4, 0.5) is 5.69 Å². The highest BCUT2D eigenvalue weighted by molar-refractivity contribution is 6.10. The van der Waals surface area contributed by atoms with Crippen molar-refractivity contribution in [2.45, 2.75) is 13.8 Å². The van der Waals surface area contributed by atoms with Crippen molar-refractivity contribution in [1.29, 1.82) is 5.26 Å². The van der Waals surface area contributed by atoms with Crippen molar-refractivity contribution in [2.75, 3.05) is 5.32 Å². The van der Waals surface area contributed by atoms with E-state index in [9.17, 15) is 10.1 Å². The number of para-hydroxylation sites is 1. The van der Waals surface area contributed by atoms with Crippen LogP contribution >= 0.6 is 0 Å². The number of aromatic nitrogens is 3. The second kappa shape index (κ2) is 9.11. The Morgan fingerprint density at radius 3 is 2.50 bits per heavy atom. The second-order valence-corrected chi connectivity index (χ2v) is 7.32. The predicted octanol–water partition coefficient (Wildman–Crippen LogP) is 5.10. The molecule has 0 bridgehead atoms. The fourth-order valence-electron chi connectivity index (χ4n) is 3.32. The fraction of sp³-hybridized carbons (Fsp3) is 0.0769. The molecule has 2 aromatic carbocycles. The van der Waals surface area contributed by atoms with Gasteiger partial charge in [-0.25, -0.2) is 4.68 Å². The number of nitrogens with one attached hydrogen (secondary N) is 1. The van der Waals surface area contributed by atoms with Gasteiger partial charge in [-0.05, 0) is 61.4 Å². The number of nitrogens with zero attached hydrogens (tertiary/aromatic N) is 4. The summed E-state index contributed by atoms with van der Waals surface area (Å²) in [4.78, 5) is 17.0. The van der Waals surface area contributed by atoms with E-state index in [1.165, 1.54) is 0 Å². The van der Waals surface area contributed by atoms with Gasteiger partial charge >= 0.3 is 0 Å². The Kier molecular flexibility index (Phi) is 5.91. The molecule has 0 unspecified atom stereocenters. The average Bonchev–Trinajstić information content (AvgIpc) is 3.25. The van der Waals surface area contributed by atoms with Gasteiger partial charge in [-0.1, -0.05) is 30.3 Å². The van der Waals surface area contributed by atoms with E-state index < -0.39 is 5.91 Å². The van der Waals surface area contributed by atoms with Crippen LogP contribution in [0, 0.1) is 25.2 Å². The molecule has 0 saturated heterocycles. The van der Waals surface area contributed by atoms with Gasteiger partial charge in [0.25, 0.3) is 5.91 Å². The van der Waals surface area contributed by atoms with E-state index in [0.717, 1.165) is 22.4 Å². The number of nitriles is 1. The standard InChI is InChI=1S/C26H21N5O/c1-18-7-6-10-24(19(18)2)29-26(32)21(16-27)15-22-17-31(23-8-4-3-5-9-23)30-25(22)20-11-13-28-14-12-20/h3-15,17H,1-2H3,(H,29,32)/b21-15+. The van der Waals surface area contributed by atoms with Gasteiger partial charge in [0, 0.05) is 35.4 Å². The first kappa shape index (κ1) is 20.8. The van der Waals surface area contributed by atoms with Crippen molar-refractivity contribution < 1.29 is 4.79 Å². The van der Waals surface area contributed by atoms with Crippen LogP contribution in [0.15, 0.2) is 84.8 Å². The first-order valence-corrected chi connectivity index (χ1v) is 10.1. The normalized spacial score (nSPS) is 11.1. The highest BCUT2D eigenvalue weighted by Gasteiger charge is 2.16. The molecule has 0 aliphatic heterocycles. The van der Waals surface area contributed by atoms with Crippen LogP contribution in [0.3, 0.4) is 0 Å². The van der Waals surface area contributed by atoms with Gasteiger partial charge in [-0.2, -0.15) is 10.4 Å². The fourth-order valence-corrected chi connectivity index (χ4v) is 3.32. The van der Waals surface area contributed by atoms with Crippen molar-refractivity contribution in [3.05, 3.63) is 102 Å². The number of carbonyl (C=O) groups is 1. The molecule has 2 heterocycles. The van der Waals surface area contributed by atoms with Gasteiger partial charge in [0.15, 0.2) is 0 Å². The van der Waals surface area contributed by atoms with Gasteiger partial charge in [-0.3, -0.25) is 9.78 Å². The topological polar surface area (TPSA) is 83.6 Å². The summed E-state index contributed by atoms with van der Waals surface area (Å²) in [6.45, 7) is 3.91. The third-order valence-corrected chi connectivity index (χ3v) is 5.23. The monoisotopic (exact) mass is 419 g/mol. The second-order valence-electron chi connectivity index (χ2n) is 7.32. The van der Waals surface area contributed by atoms with Crippen LogP contribution in [0.5, 0.6) is 0 Å². The minimum atomic E-state index is -0.464. The summed E-state index contributed by atoms with van der Waals surface area (Å²) in [6.07, 6.45) is 6.75. The molecule has 6 heteroatoms. The molecule has 0 radical (unpaired) electrons. The summed E-state index contributed by atoms with van der Waals surface area (Å²) in [7, 11) is 0. The number of benzene rings is 2. The highest BCUT2D eigenvalue weighted by Crippen LogP contribution is 2.26. The number of carbonyl (C=O) groups excluding carboxylic acids is 1. The van der Waals surface area contributed by atoms with Gasteiger partial charge in [0.1, 0.15) is 17.3 Å². The van der Waals surface area contributed by atoms with Crippen LogP contribution in [0.1, 0.15) is 16.7 Å². The highest BCUT2D eigenvalue weighted by atomic mass is 16.1. The number of hydrogen-bond acceptors (Lipinski definition) is 4. The summed E-state index contributed by atoms with van der Waals surface area (Å²) >= 11 is 0. The third kappa shape index (κ3) is 4.32. The molecule has 0 spiro atoms. The minimum Gasteiger partial charge on any atom is -0.321 e. The van der Waals surface area contributed by atoms with Gasteiger partial charge in [-0.15, -0.1) is 0 Å². The molecular formula is C26H21N5O. The van der Waals surface area contributed by atoms with Gasteiger partial charge in [0.2, 0.25) is 0 Å². The van der Waals surface area contributed by atoms with E-state index in [-0.39, 0.29) is 5.57 Å². The van der Waals surface area contributed by atoms with Crippen LogP contribution in [-0.2, 0) is 4.79 Å². The molecule has 1 amide bonds. The van der Waals surface area contributed by atoms with E-state index in [1.807, 2.05) is 86.8 Å². The molecule has 4 aromatic rings. The van der Waals surface area contributed by atoms with E-state index in [1.54, 1.807) is 23.2 Å². The Labute approximate surface area is 186 Å². The van der Waals surface area contributed by atoms with Crippen LogP contribution in [-0.4, -0.2) is 20.7 Å². The molecule has 0 atom stereocenters. The Balaban J connectivity index is 1.75. The minimum absolute atomic E-state index is 0.00572. The summed E-state index contributed by atoms with van der Waals surface area (Å²) in [6, 6.07) is 21.1. The summed E-state index contributed by atoms with van der Waals surface area (Å²) in [5, 5.41) is 17.3. The van der Waals surface area contributed by atoms with Crippen molar-refractivity contribution in [3.8, 4) is 23.0 Å². The Morgan fingerprint density at radius 1 is 1.03 bits per heavy atom. The Morgan fingerprint density at radius 2 is 1.78 bits per heavy atom. The van der Waals surface area contributed by atoms with Gasteiger partial charge < -0.3 is 5.32 Å². The molecule has 0 saturated carbocycles. The summed E-state index contributed by atoms with van der Waals surface area (Å²) < 4.78 is 1.74. The van der Waals surface area contributed by atoms with Crippen molar-refractivity contribution in [3.63, 3.8) is 0 Å². The molecule has 0 aliphatic carbocycles. The molecule has 1 N–H and O–H groups in total. The maximum atomic E-state index is 12.9. The molecule has 32 heavy (non-hydrogen) atoms. The first-order chi connectivity index (χ1) is 15.6. The number of pyridine rings is 1. The first-order valence-electron chi connectivity index (χ1n) is 10.1. The molecule has 4 rings (SSSR count). The molecule has 2 aromatic heterocycles. The van der Waals surface area contributed by atoms with E-state index in [0.29, 0.717) is 16.9 Å². The van der Waals surface area contributed by atoms with Crippen LogP contribution in [0.2, 0.25) is 0 Å². The Hall–Kier alpha value is -4.50.